The first-order chi connectivity index (χ1) is 12.7. The number of likely N-dealkylation sites (tertiary alicyclic amines) is 1. The van der Waals surface area contributed by atoms with E-state index in [4.69, 9.17) is 5.73 Å². The van der Waals surface area contributed by atoms with Crippen LogP contribution in [0.1, 0.15) is 22.3 Å². The van der Waals surface area contributed by atoms with E-state index in [-0.39, 0.29) is 11.8 Å². The van der Waals surface area contributed by atoms with Gasteiger partial charge in [0.15, 0.2) is 0 Å². The average Bonchev–Trinajstić information content (AvgIpc) is 3.17. The van der Waals surface area contributed by atoms with E-state index in [1.165, 1.54) is 0 Å². The Morgan fingerprint density at radius 2 is 1.73 bits per heavy atom. The Balaban J connectivity index is 1.75. The highest BCUT2D eigenvalue weighted by Gasteiger charge is 2.31. The molecular formula is C21H25N3O2. The molecule has 0 saturated carbocycles. The third kappa shape index (κ3) is 4.49. The van der Waals surface area contributed by atoms with E-state index < -0.39 is 6.04 Å². The molecule has 0 aliphatic carbocycles. The van der Waals surface area contributed by atoms with Gasteiger partial charge < -0.3 is 16.0 Å². The monoisotopic (exact) mass is 351 g/mol. The van der Waals surface area contributed by atoms with Gasteiger partial charge in [0, 0.05) is 25.1 Å². The molecule has 2 unspecified atom stereocenters. The quantitative estimate of drug-likeness (QED) is 0.834. The van der Waals surface area contributed by atoms with Gasteiger partial charge in [-0.3, -0.25) is 9.59 Å². The zero-order valence-electron chi connectivity index (χ0n) is 14.8. The molecule has 0 radical (unpaired) electrons. The van der Waals surface area contributed by atoms with Crippen molar-refractivity contribution in [1.82, 2.24) is 10.2 Å². The van der Waals surface area contributed by atoms with Crippen LogP contribution in [-0.2, 0) is 11.2 Å². The van der Waals surface area contributed by atoms with Crippen molar-refractivity contribution in [1.29, 1.82) is 0 Å². The summed E-state index contributed by atoms with van der Waals surface area (Å²) in [7, 11) is 0. The van der Waals surface area contributed by atoms with Crippen molar-refractivity contribution in [2.45, 2.75) is 18.9 Å². The van der Waals surface area contributed by atoms with Gasteiger partial charge in [0.2, 0.25) is 5.91 Å². The highest BCUT2D eigenvalue weighted by molar-refractivity contribution is 5.97. The summed E-state index contributed by atoms with van der Waals surface area (Å²) >= 11 is 0. The molecule has 1 fully saturated rings. The number of rotatable bonds is 6. The van der Waals surface area contributed by atoms with Gasteiger partial charge in [-0.25, -0.2) is 0 Å². The largest absolute Gasteiger partial charge is 0.341 e. The standard InChI is InChI=1S/C21H25N3O2/c22-14-17-11-12-24(15-17)21(26)19(13-16-7-3-1-4-8-16)23-20(25)18-9-5-2-6-10-18/h1-10,17,19H,11-15,22H2,(H,23,25). The predicted octanol–water partition coefficient (Wildman–Crippen LogP) is 1.83. The van der Waals surface area contributed by atoms with E-state index in [0.29, 0.717) is 37.5 Å². The topological polar surface area (TPSA) is 75.4 Å². The molecule has 1 heterocycles. The van der Waals surface area contributed by atoms with Gasteiger partial charge in [-0.2, -0.15) is 0 Å². The van der Waals surface area contributed by atoms with Crippen molar-refractivity contribution >= 4 is 11.8 Å². The van der Waals surface area contributed by atoms with Crippen molar-refractivity contribution < 1.29 is 9.59 Å². The van der Waals surface area contributed by atoms with Gasteiger partial charge in [-0.05, 0) is 36.6 Å². The minimum atomic E-state index is -0.582. The lowest BCUT2D eigenvalue weighted by Crippen LogP contribution is -2.49. The lowest BCUT2D eigenvalue weighted by atomic mass is 10.0. The second-order valence-corrected chi connectivity index (χ2v) is 6.76. The molecule has 3 N–H and O–H groups in total. The Kier molecular flexibility index (Phi) is 6.02. The molecule has 2 amide bonds. The van der Waals surface area contributed by atoms with Crippen LogP contribution in [0.4, 0.5) is 0 Å². The van der Waals surface area contributed by atoms with Crippen LogP contribution in [0.5, 0.6) is 0 Å². The fourth-order valence-electron chi connectivity index (χ4n) is 3.33. The number of hydrogen-bond donors (Lipinski definition) is 2. The molecule has 2 atom stereocenters. The maximum Gasteiger partial charge on any atom is 0.251 e. The molecule has 5 heteroatoms. The fourth-order valence-corrected chi connectivity index (χ4v) is 3.33. The van der Waals surface area contributed by atoms with Crippen molar-refractivity contribution in [3.8, 4) is 0 Å². The minimum absolute atomic E-state index is 0.0333. The van der Waals surface area contributed by atoms with E-state index in [2.05, 4.69) is 5.32 Å². The molecule has 2 aromatic carbocycles. The van der Waals surface area contributed by atoms with E-state index in [0.717, 1.165) is 12.0 Å². The Hall–Kier alpha value is -2.66. The van der Waals surface area contributed by atoms with Gasteiger partial charge in [0.25, 0.3) is 5.91 Å². The molecule has 5 nitrogen and oxygen atoms in total. The Bertz CT molecular complexity index is 733. The molecule has 2 aromatic rings. The van der Waals surface area contributed by atoms with Gasteiger partial charge in [-0.15, -0.1) is 0 Å². The van der Waals surface area contributed by atoms with Gasteiger partial charge in [-0.1, -0.05) is 48.5 Å². The molecule has 3 rings (SSSR count). The number of carbonyl (C=O) groups excluding carboxylic acids is 2. The minimum Gasteiger partial charge on any atom is -0.341 e. The maximum absolute atomic E-state index is 13.0. The van der Waals surface area contributed by atoms with Crippen molar-refractivity contribution in [2.75, 3.05) is 19.6 Å². The molecule has 0 bridgehead atoms. The summed E-state index contributed by atoms with van der Waals surface area (Å²) in [4.78, 5) is 27.5. The number of benzene rings is 2. The van der Waals surface area contributed by atoms with Crippen LogP contribution in [0.25, 0.3) is 0 Å². The van der Waals surface area contributed by atoms with Crippen molar-refractivity contribution in [3.05, 3.63) is 71.8 Å². The fraction of sp³-hybridized carbons (Fsp3) is 0.333. The summed E-state index contributed by atoms with van der Waals surface area (Å²) in [5.41, 5.74) is 7.32. The third-order valence-corrected chi connectivity index (χ3v) is 4.85. The first kappa shape index (κ1) is 18.1. The second kappa shape index (κ2) is 8.63. The Morgan fingerprint density at radius 3 is 2.35 bits per heavy atom. The molecule has 0 aromatic heterocycles. The Labute approximate surface area is 154 Å². The van der Waals surface area contributed by atoms with E-state index in [1.807, 2.05) is 53.4 Å². The van der Waals surface area contributed by atoms with Crippen molar-refractivity contribution in [3.63, 3.8) is 0 Å². The van der Waals surface area contributed by atoms with E-state index in [1.54, 1.807) is 12.1 Å². The van der Waals surface area contributed by atoms with Crippen LogP contribution in [0.15, 0.2) is 60.7 Å². The highest BCUT2D eigenvalue weighted by atomic mass is 16.2. The first-order valence-corrected chi connectivity index (χ1v) is 9.06. The Morgan fingerprint density at radius 1 is 1.08 bits per heavy atom. The average molecular weight is 351 g/mol. The summed E-state index contributed by atoms with van der Waals surface area (Å²) in [6.45, 7) is 1.96. The highest BCUT2D eigenvalue weighted by Crippen LogP contribution is 2.17. The van der Waals surface area contributed by atoms with E-state index >= 15 is 0 Å². The molecular weight excluding hydrogens is 326 g/mol. The molecule has 1 aliphatic rings. The summed E-state index contributed by atoms with van der Waals surface area (Å²) in [6, 6.07) is 18.2. The molecule has 1 saturated heterocycles. The number of nitrogens with two attached hydrogens (primary N) is 1. The van der Waals surface area contributed by atoms with Gasteiger partial charge in [0.05, 0.1) is 0 Å². The zero-order valence-corrected chi connectivity index (χ0v) is 14.8. The predicted molar refractivity (Wildman–Crippen MR) is 102 cm³/mol. The lowest BCUT2D eigenvalue weighted by Gasteiger charge is -2.24. The number of amides is 2. The van der Waals surface area contributed by atoms with Crippen LogP contribution in [-0.4, -0.2) is 42.4 Å². The molecule has 1 aliphatic heterocycles. The molecule has 26 heavy (non-hydrogen) atoms. The smallest absolute Gasteiger partial charge is 0.251 e. The molecule has 136 valence electrons. The molecule has 0 spiro atoms. The van der Waals surface area contributed by atoms with Crippen LogP contribution in [0.2, 0.25) is 0 Å². The van der Waals surface area contributed by atoms with Crippen LogP contribution in [0.3, 0.4) is 0 Å². The third-order valence-electron chi connectivity index (χ3n) is 4.85. The first-order valence-electron chi connectivity index (χ1n) is 9.06. The lowest BCUT2D eigenvalue weighted by molar-refractivity contribution is -0.132. The van der Waals surface area contributed by atoms with E-state index in [9.17, 15) is 9.59 Å². The van der Waals surface area contributed by atoms with Crippen molar-refractivity contribution in [2.24, 2.45) is 11.7 Å². The number of nitrogens with one attached hydrogen (secondary N) is 1. The number of nitrogens with zero attached hydrogens (tertiary/aromatic N) is 1. The van der Waals surface area contributed by atoms with Gasteiger partial charge in [0.1, 0.15) is 6.04 Å². The summed E-state index contributed by atoms with van der Waals surface area (Å²) in [5, 5.41) is 2.93. The number of hydrogen-bond acceptors (Lipinski definition) is 3. The van der Waals surface area contributed by atoms with Gasteiger partial charge >= 0.3 is 0 Å². The second-order valence-electron chi connectivity index (χ2n) is 6.76. The summed E-state index contributed by atoms with van der Waals surface area (Å²) in [5.74, 6) is 0.0877. The van der Waals surface area contributed by atoms with Crippen LogP contribution < -0.4 is 11.1 Å². The normalized spacial score (nSPS) is 17.7. The number of carbonyl (C=O) groups is 2. The summed E-state index contributed by atoms with van der Waals surface area (Å²) in [6.07, 6.45) is 1.40. The maximum atomic E-state index is 13.0. The van der Waals surface area contributed by atoms with Crippen LogP contribution >= 0.6 is 0 Å². The zero-order chi connectivity index (χ0) is 18.4. The summed E-state index contributed by atoms with van der Waals surface area (Å²) < 4.78 is 0. The van der Waals surface area contributed by atoms with Crippen LogP contribution in [0, 0.1) is 5.92 Å². The SMILES string of the molecule is NCC1CCN(C(=O)C(Cc2ccccc2)NC(=O)c2ccccc2)C1.